The Morgan fingerprint density at radius 2 is 1.73 bits per heavy atom. The molecule has 0 unspecified atom stereocenters. The van der Waals surface area contributed by atoms with E-state index < -0.39 is 0 Å². The summed E-state index contributed by atoms with van der Waals surface area (Å²) in [5, 5.41) is 6.32. The molecule has 0 spiro atoms. The van der Waals surface area contributed by atoms with Crippen LogP contribution >= 0.6 is 0 Å². The number of hydrogen-bond acceptors (Lipinski definition) is 7. The molecular weight excluding hydrogens is 498 g/mol. The Balaban J connectivity index is 1.20. The maximum atomic E-state index is 13.0. The van der Waals surface area contributed by atoms with E-state index in [1.165, 1.54) is 5.56 Å². The number of nitrogens with one attached hydrogen (secondary N) is 2. The minimum atomic E-state index is -0.144. The molecule has 2 aromatic heterocycles. The van der Waals surface area contributed by atoms with Gasteiger partial charge in [-0.25, -0.2) is 9.97 Å². The second-order valence-corrected chi connectivity index (χ2v) is 11.2. The smallest absolute Gasteiger partial charge is 0.255 e. The van der Waals surface area contributed by atoms with Gasteiger partial charge in [0.2, 0.25) is 5.95 Å². The molecule has 4 aromatic rings. The Bertz CT molecular complexity index is 1440. The van der Waals surface area contributed by atoms with Crippen LogP contribution in [0.15, 0.2) is 79.3 Å². The van der Waals surface area contributed by atoms with Crippen LogP contribution in [0.4, 0.5) is 17.3 Å². The molecule has 0 radical (unpaired) electrons. The molecule has 1 fully saturated rings. The van der Waals surface area contributed by atoms with Crippen LogP contribution in [0.2, 0.25) is 0 Å². The number of carbonyl (C=O) groups is 1. The number of nitrogens with zero attached hydrogens (tertiary/aromatic N) is 5. The van der Waals surface area contributed by atoms with Gasteiger partial charge in [-0.15, -0.1) is 0 Å². The minimum Gasteiger partial charge on any atom is -0.324 e. The minimum absolute atomic E-state index is 0.144. The average molecular weight is 536 g/mol. The first-order chi connectivity index (χ1) is 19.2. The van der Waals surface area contributed by atoms with Crippen molar-refractivity contribution in [3.8, 4) is 11.3 Å². The standard InChI is InChI=1S/C32H37N7O/c1-23-7-12-27(20-29(23)37-31-34-15-13-28(36-31)26-6-5-14-33-21-26)35-30(40)25-10-8-24(9-11-25)22-38-16-18-39(19-17-38)32(2,3)4/h5-15,20-21H,16-19,22H2,1-4H3,(H,35,40)(H,34,36,37). The fraction of sp³-hybridized carbons (Fsp3) is 0.312. The fourth-order valence-corrected chi connectivity index (χ4v) is 4.85. The lowest BCUT2D eigenvalue weighted by Crippen LogP contribution is -2.53. The molecule has 3 heterocycles. The highest BCUT2D eigenvalue weighted by molar-refractivity contribution is 6.04. The zero-order valence-corrected chi connectivity index (χ0v) is 23.7. The zero-order chi connectivity index (χ0) is 28.1. The summed E-state index contributed by atoms with van der Waals surface area (Å²) >= 11 is 0. The number of piperazine rings is 1. The van der Waals surface area contributed by atoms with Gasteiger partial charge in [-0.1, -0.05) is 18.2 Å². The van der Waals surface area contributed by atoms with Crippen LogP contribution in [0.25, 0.3) is 11.3 Å². The molecular formula is C32H37N7O. The molecule has 0 aliphatic carbocycles. The van der Waals surface area contributed by atoms with Gasteiger partial charge in [0.15, 0.2) is 0 Å². The molecule has 2 aromatic carbocycles. The molecule has 5 rings (SSSR count). The molecule has 206 valence electrons. The first kappa shape index (κ1) is 27.4. The molecule has 1 aliphatic rings. The lowest BCUT2D eigenvalue weighted by Gasteiger charge is -2.42. The Labute approximate surface area is 236 Å². The second kappa shape index (κ2) is 11.9. The number of rotatable bonds is 7. The molecule has 0 atom stereocenters. The molecule has 1 saturated heterocycles. The number of hydrogen-bond donors (Lipinski definition) is 2. The molecule has 1 aliphatic heterocycles. The third kappa shape index (κ3) is 6.89. The predicted molar refractivity (Wildman–Crippen MR) is 161 cm³/mol. The molecule has 0 saturated carbocycles. The van der Waals surface area contributed by atoms with Crippen LogP contribution in [0, 0.1) is 6.92 Å². The molecule has 8 nitrogen and oxygen atoms in total. The van der Waals surface area contributed by atoms with Crippen molar-refractivity contribution in [1.29, 1.82) is 0 Å². The van der Waals surface area contributed by atoms with E-state index in [1.807, 2.05) is 55.5 Å². The number of carbonyl (C=O) groups excluding carboxylic acids is 1. The monoisotopic (exact) mass is 535 g/mol. The SMILES string of the molecule is Cc1ccc(NC(=O)c2ccc(CN3CCN(C(C)(C)C)CC3)cc2)cc1Nc1nccc(-c2cccnc2)n1. The van der Waals surface area contributed by atoms with E-state index in [-0.39, 0.29) is 11.4 Å². The number of aryl methyl sites for hydroxylation is 1. The molecule has 2 N–H and O–H groups in total. The van der Waals surface area contributed by atoms with Gasteiger partial charge >= 0.3 is 0 Å². The quantitative estimate of drug-likeness (QED) is 0.311. The van der Waals surface area contributed by atoms with Gasteiger partial charge in [0.25, 0.3) is 5.91 Å². The summed E-state index contributed by atoms with van der Waals surface area (Å²) in [6, 6.07) is 19.4. The van der Waals surface area contributed by atoms with Crippen molar-refractivity contribution in [3.05, 3.63) is 95.9 Å². The van der Waals surface area contributed by atoms with Crippen LogP contribution < -0.4 is 10.6 Å². The average Bonchev–Trinajstić information content (AvgIpc) is 2.96. The van der Waals surface area contributed by atoms with Crippen molar-refractivity contribution in [1.82, 2.24) is 24.8 Å². The van der Waals surface area contributed by atoms with E-state index in [1.54, 1.807) is 18.6 Å². The predicted octanol–water partition coefficient (Wildman–Crippen LogP) is 5.76. The van der Waals surface area contributed by atoms with Crippen LogP contribution in [-0.2, 0) is 6.54 Å². The number of aromatic nitrogens is 3. The van der Waals surface area contributed by atoms with Gasteiger partial charge in [-0.3, -0.25) is 19.6 Å². The summed E-state index contributed by atoms with van der Waals surface area (Å²) in [6.07, 6.45) is 5.22. The third-order valence-corrected chi connectivity index (χ3v) is 7.30. The third-order valence-electron chi connectivity index (χ3n) is 7.30. The van der Waals surface area contributed by atoms with Gasteiger partial charge in [0.1, 0.15) is 0 Å². The summed E-state index contributed by atoms with van der Waals surface area (Å²) in [5.74, 6) is 0.332. The first-order valence-electron chi connectivity index (χ1n) is 13.7. The van der Waals surface area contributed by atoms with Crippen LogP contribution in [-0.4, -0.2) is 62.4 Å². The number of pyridine rings is 1. The molecule has 40 heavy (non-hydrogen) atoms. The van der Waals surface area contributed by atoms with Crippen molar-refractivity contribution in [2.75, 3.05) is 36.8 Å². The molecule has 1 amide bonds. The Morgan fingerprint density at radius 3 is 2.42 bits per heavy atom. The van der Waals surface area contributed by atoms with E-state index in [2.05, 4.69) is 68.3 Å². The largest absolute Gasteiger partial charge is 0.324 e. The maximum absolute atomic E-state index is 13.0. The second-order valence-electron chi connectivity index (χ2n) is 11.2. The van der Waals surface area contributed by atoms with E-state index in [0.29, 0.717) is 17.2 Å². The lowest BCUT2D eigenvalue weighted by atomic mass is 10.0. The van der Waals surface area contributed by atoms with Gasteiger partial charge < -0.3 is 10.6 Å². The lowest BCUT2D eigenvalue weighted by molar-refractivity contribution is 0.0591. The van der Waals surface area contributed by atoms with Crippen molar-refractivity contribution in [2.24, 2.45) is 0 Å². The zero-order valence-electron chi connectivity index (χ0n) is 23.7. The van der Waals surface area contributed by atoms with Gasteiger partial charge in [-0.2, -0.15) is 0 Å². The Morgan fingerprint density at radius 1 is 0.950 bits per heavy atom. The molecule has 0 bridgehead atoms. The number of anilines is 3. The van der Waals surface area contributed by atoms with Gasteiger partial charge in [0.05, 0.1) is 5.69 Å². The Kier molecular flexibility index (Phi) is 8.19. The van der Waals surface area contributed by atoms with Crippen molar-refractivity contribution in [2.45, 2.75) is 39.8 Å². The first-order valence-corrected chi connectivity index (χ1v) is 13.7. The van der Waals surface area contributed by atoms with E-state index in [0.717, 1.165) is 55.2 Å². The summed E-state index contributed by atoms with van der Waals surface area (Å²) in [7, 11) is 0. The summed E-state index contributed by atoms with van der Waals surface area (Å²) in [6.45, 7) is 14.0. The van der Waals surface area contributed by atoms with E-state index >= 15 is 0 Å². The highest BCUT2D eigenvalue weighted by Gasteiger charge is 2.25. The summed E-state index contributed by atoms with van der Waals surface area (Å²) < 4.78 is 0. The fourth-order valence-electron chi connectivity index (χ4n) is 4.85. The van der Waals surface area contributed by atoms with Crippen LogP contribution in [0.5, 0.6) is 0 Å². The van der Waals surface area contributed by atoms with Crippen molar-refractivity contribution >= 4 is 23.2 Å². The summed E-state index contributed by atoms with van der Waals surface area (Å²) in [5.41, 5.74) is 6.30. The highest BCUT2D eigenvalue weighted by Crippen LogP contribution is 2.25. The Hall–Kier alpha value is -4.14. The molecule has 8 heteroatoms. The topological polar surface area (TPSA) is 86.3 Å². The van der Waals surface area contributed by atoms with E-state index in [9.17, 15) is 4.79 Å². The van der Waals surface area contributed by atoms with Crippen molar-refractivity contribution < 1.29 is 4.79 Å². The normalized spacial score (nSPS) is 14.6. The number of amides is 1. The van der Waals surface area contributed by atoms with Crippen LogP contribution in [0.3, 0.4) is 0 Å². The van der Waals surface area contributed by atoms with Crippen molar-refractivity contribution in [3.63, 3.8) is 0 Å². The van der Waals surface area contributed by atoms with E-state index in [4.69, 9.17) is 0 Å². The van der Waals surface area contributed by atoms with Crippen LogP contribution in [0.1, 0.15) is 42.3 Å². The summed E-state index contributed by atoms with van der Waals surface area (Å²) in [4.78, 5) is 31.2. The van der Waals surface area contributed by atoms with Gasteiger partial charge in [0, 0.05) is 79.4 Å². The highest BCUT2D eigenvalue weighted by atomic mass is 16.1. The maximum Gasteiger partial charge on any atom is 0.255 e. The number of benzene rings is 2. The van der Waals surface area contributed by atoms with Gasteiger partial charge in [-0.05, 0) is 81.3 Å².